The third kappa shape index (κ3) is 4.56. The summed E-state index contributed by atoms with van der Waals surface area (Å²) in [4.78, 5) is 4.82. The highest BCUT2D eigenvalue weighted by Gasteiger charge is 2.10. The Hall–Kier alpha value is -4.12. The maximum Gasteiger partial charge on any atom is 0.145 e. The Bertz CT molecular complexity index is 1250. The Balaban J connectivity index is 1.75. The van der Waals surface area contributed by atoms with Crippen molar-refractivity contribution < 1.29 is 9.94 Å². The highest BCUT2D eigenvalue weighted by atomic mass is 16.5. The number of fused-ring (bicyclic) bond motifs is 1. The zero-order chi connectivity index (χ0) is 21.6. The van der Waals surface area contributed by atoms with Crippen LogP contribution in [0.15, 0.2) is 84.0 Å². The number of para-hydroxylation sites is 1. The lowest BCUT2D eigenvalue weighted by Crippen LogP contribution is -1.98. The lowest BCUT2D eigenvalue weighted by atomic mass is 10.1. The van der Waals surface area contributed by atoms with Crippen LogP contribution in [0.5, 0.6) is 5.75 Å². The number of pyridine rings is 1. The molecule has 0 amide bonds. The van der Waals surface area contributed by atoms with Gasteiger partial charge in [-0.05, 0) is 48.4 Å². The molecule has 0 bridgehead atoms. The maximum absolute atomic E-state index is 8.97. The van der Waals surface area contributed by atoms with E-state index in [4.69, 9.17) is 14.9 Å². The van der Waals surface area contributed by atoms with E-state index in [0.717, 1.165) is 44.8 Å². The van der Waals surface area contributed by atoms with Crippen molar-refractivity contribution >= 4 is 40.1 Å². The molecule has 0 saturated carbocycles. The summed E-state index contributed by atoms with van der Waals surface area (Å²) in [5.41, 5.74) is 6.00. The van der Waals surface area contributed by atoms with Gasteiger partial charge in [-0.25, -0.2) is 4.98 Å². The van der Waals surface area contributed by atoms with Gasteiger partial charge in [-0.1, -0.05) is 65.8 Å². The molecule has 0 aliphatic carbocycles. The smallest absolute Gasteiger partial charge is 0.145 e. The van der Waals surface area contributed by atoms with Gasteiger partial charge < -0.3 is 15.3 Å². The summed E-state index contributed by atoms with van der Waals surface area (Å²) >= 11 is 0. The third-order valence-electron chi connectivity index (χ3n) is 5.02. The highest BCUT2D eigenvalue weighted by Crippen LogP contribution is 2.32. The molecule has 5 heteroatoms. The first kappa shape index (κ1) is 20.2. The maximum atomic E-state index is 8.97. The molecule has 5 nitrogen and oxygen atoms in total. The molecular formula is C26H23N3O2. The predicted octanol–water partition coefficient (Wildman–Crippen LogP) is 6.36. The number of nitrogens with one attached hydrogen (secondary N) is 1. The monoisotopic (exact) mass is 409 g/mol. The molecule has 0 aliphatic heterocycles. The minimum absolute atomic E-state index is 0.569. The van der Waals surface area contributed by atoms with E-state index in [-0.39, 0.29) is 0 Å². The fourth-order valence-electron chi connectivity index (χ4n) is 3.35. The van der Waals surface area contributed by atoms with Crippen molar-refractivity contribution in [2.45, 2.75) is 6.92 Å². The van der Waals surface area contributed by atoms with Crippen LogP contribution < -0.4 is 10.1 Å². The predicted molar refractivity (Wildman–Crippen MR) is 127 cm³/mol. The Kier molecular flexibility index (Phi) is 5.94. The minimum Gasteiger partial charge on any atom is -0.494 e. The summed E-state index contributed by atoms with van der Waals surface area (Å²) < 4.78 is 5.55. The number of nitrogens with zero attached hydrogens (tertiary/aromatic N) is 2. The Morgan fingerprint density at radius 2 is 1.74 bits per heavy atom. The zero-order valence-corrected chi connectivity index (χ0v) is 17.4. The third-order valence-corrected chi connectivity index (χ3v) is 5.02. The quantitative estimate of drug-likeness (QED) is 0.221. The van der Waals surface area contributed by atoms with E-state index in [1.165, 1.54) is 0 Å². The van der Waals surface area contributed by atoms with Crippen molar-refractivity contribution in [1.82, 2.24) is 4.98 Å². The van der Waals surface area contributed by atoms with Crippen LogP contribution in [0.25, 0.3) is 23.1 Å². The van der Waals surface area contributed by atoms with Gasteiger partial charge in [0.25, 0.3) is 0 Å². The zero-order valence-electron chi connectivity index (χ0n) is 17.4. The second kappa shape index (κ2) is 9.13. The number of methoxy groups -OCH3 is 1. The van der Waals surface area contributed by atoms with Crippen LogP contribution >= 0.6 is 0 Å². The van der Waals surface area contributed by atoms with E-state index in [1.54, 1.807) is 14.0 Å². The fourth-order valence-corrected chi connectivity index (χ4v) is 3.35. The summed E-state index contributed by atoms with van der Waals surface area (Å²) in [6.45, 7) is 1.76. The van der Waals surface area contributed by atoms with Crippen LogP contribution in [0, 0.1) is 0 Å². The van der Waals surface area contributed by atoms with Gasteiger partial charge in [0, 0.05) is 11.1 Å². The normalized spacial score (nSPS) is 11.7. The summed E-state index contributed by atoms with van der Waals surface area (Å²) in [6, 6.07) is 25.8. The second-order valence-electron chi connectivity index (χ2n) is 7.08. The average molecular weight is 409 g/mol. The van der Waals surface area contributed by atoms with Crippen molar-refractivity contribution in [2.75, 3.05) is 12.4 Å². The minimum atomic E-state index is 0.569. The van der Waals surface area contributed by atoms with Crippen molar-refractivity contribution in [3.63, 3.8) is 0 Å². The first-order chi connectivity index (χ1) is 15.2. The molecule has 0 fully saturated rings. The van der Waals surface area contributed by atoms with Gasteiger partial charge in [-0.2, -0.15) is 0 Å². The fraction of sp³-hybridized carbons (Fsp3) is 0.0769. The molecule has 1 aromatic heterocycles. The average Bonchev–Trinajstić information content (AvgIpc) is 2.83. The number of benzene rings is 3. The van der Waals surface area contributed by atoms with E-state index < -0.39 is 0 Å². The van der Waals surface area contributed by atoms with Crippen molar-refractivity contribution in [3.8, 4) is 5.75 Å². The number of anilines is 2. The molecule has 0 aliphatic rings. The molecule has 0 spiro atoms. The molecule has 3 aromatic carbocycles. The van der Waals surface area contributed by atoms with Crippen molar-refractivity contribution in [3.05, 3.63) is 95.7 Å². The molecule has 0 radical (unpaired) electrons. The van der Waals surface area contributed by atoms with E-state index >= 15 is 0 Å². The summed E-state index contributed by atoms with van der Waals surface area (Å²) in [5, 5.41) is 16.7. The first-order valence-corrected chi connectivity index (χ1v) is 9.95. The van der Waals surface area contributed by atoms with Crippen LogP contribution in [0.1, 0.15) is 23.7 Å². The molecule has 4 aromatic rings. The lowest BCUT2D eigenvalue weighted by molar-refractivity contribution is 0.319. The van der Waals surface area contributed by atoms with E-state index in [0.29, 0.717) is 5.71 Å². The number of aromatic nitrogens is 1. The van der Waals surface area contributed by atoms with Crippen LogP contribution in [0.4, 0.5) is 11.4 Å². The van der Waals surface area contributed by atoms with Crippen LogP contribution in [0.3, 0.4) is 0 Å². The first-order valence-electron chi connectivity index (χ1n) is 9.95. The molecule has 154 valence electrons. The van der Waals surface area contributed by atoms with Crippen LogP contribution in [0.2, 0.25) is 0 Å². The molecule has 0 atom stereocenters. The molecule has 0 unspecified atom stereocenters. The summed E-state index contributed by atoms with van der Waals surface area (Å²) in [6.07, 6.45) is 4.04. The van der Waals surface area contributed by atoms with E-state index in [1.807, 2.05) is 78.9 Å². The molecule has 31 heavy (non-hydrogen) atoms. The molecule has 1 heterocycles. The largest absolute Gasteiger partial charge is 0.494 e. The highest BCUT2D eigenvalue weighted by molar-refractivity contribution is 5.99. The lowest BCUT2D eigenvalue weighted by Gasteiger charge is -2.13. The van der Waals surface area contributed by atoms with Gasteiger partial charge in [-0.3, -0.25) is 0 Å². The Morgan fingerprint density at radius 1 is 0.968 bits per heavy atom. The molecule has 4 rings (SSSR count). The topological polar surface area (TPSA) is 66.7 Å². The van der Waals surface area contributed by atoms with Gasteiger partial charge in [0.1, 0.15) is 11.3 Å². The van der Waals surface area contributed by atoms with Crippen molar-refractivity contribution in [2.24, 2.45) is 5.16 Å². The number of rotatable bonds is 6. The number of ether oxygens (including phenoxy) is 1. The van der Waals surface area contributed by atoms with Gasteiger partial charge in [0.15, 0.2) is 0 Å². The molecule has 2 N–H and O–H groups in total. The van der Waals surface area contributed by atoms with Gasteiger partial charge in [0.05, 0.1) is 24.2 Å². The summed E-state index contributed by atoms with van der Waals surface area (Å²) in [7, 11) is 1.65. The number of hydrogen-bond donors (Lipinski definition) is 2. The SMILES string of the molecule is COc1cccc2c(Nc3ccc(/C(C)=N/O)cc3)cc(/C=C/c3ccccc3)nc12. The van der Waals surface area contributed by atoms with Gasteiger partial charge >= 0.3 is 0 Å². The van der Waals surface area contributed by atoms with Crippen LogP contribution in [-0.4, -0.2) is 23.0 Å². The Morgan fingerprint density at radius 3 is 2.45 bits per heavy atom. The standard InChI is InChI=1S/C26H23N3O2/c1-18(29-30)20-12-15-21(16-13-20)27-24-17-22(14-11-19-7-4-3-5-8-19)28-26-23(24)9-6-10-25(26)31-2/h3-17,30H,1-2H3,(H,27,28)/b14-11+,29-18+. The van der Waals surface area contributed by atoms with Crippen molar-refractivity contribution in [1.29, 1.82) is 0 Å². The number of oxime groups is 1. The van der Waals surface area contributed by atoms with Gasteiger partial charge in [-0.15, -0.1) is 0 Å². The second-order valence-corrected chi connectivity index (χ2v) is 7.08. The van der Waals surface area contributed by atoms with E-state index in [2.05, 4.69) is 22.6 Å². The van der Waals surface area contributed by atoms with E-state index in [9.17, 15) is 0 Å². The number of hydrogen-bond acceptors (Lipinski definition) is 5. The molecule has 0 saturated heterocycles. The Labute approximate surface area is 181 Å². The van der Waals surface area contributed by atoms with Crippen LogP contribution in [-0.2, 0) is 0 Å². The molecular weight excluding hydrogens is 386 g/mol. The van der Waals surface area contributed by atoms with Gasteiger partial charge in [0.2, 0.25) is 0 Å². The summed E-state index contributed by atoms with van der Waals surface area (Å²) in [5.74, 6) is 0.723.